The summed E-state index contributed by atoms with van der Waals surface area (Å²) < 4.78 is 39.7. The lowest BCUT2D eigenvalue weighted by atomic mass is 10.0. The van der Waals surface area contributed by atoms with Gasteiger partial charge in [-0.3, -0.25) is 14.4 Å². The Kier molecular flexibility index (Phi) is 7.77. The molecule has 2 N–H and O–H groups in total. The molecule has 6 nitrogen and oxygen atoms in total. The van der Waals surface area contributed by atoms with Crippen molar-refractivity contribution in [2.24, 2.45) is 0 Å². The molecular weight excluding hydrogens is 455 g/mol. The maximum Gasteiger partial charge on any atom is 0.573 e. The molecule has 31 heavy (non-hydrogen) atoms. The third-order valence-electron chi connectivity index (χ3n) is 4.06. The topological polar surface area (TPSA) is 92.7 Å². The highest BCUT2D eigenvalue weighted by Crippen LogP contribution is 2.34. The number of nitrogens with one attached hydrogen (secondary N) is 1. The molecule has 1 heterocycles. The van der Waals surface area contributed by atoms with E-state index in [4.69, 9.17) is 5.11 Å². The Morgan fingerprint density at radius 1 is 1.16 bits per heavy atom. The molecule has 1 amide bonds. The number of hydrogen-bond donors (Lipinski definition) is 2. The molecule has 0 aliphatic carbocycles. The van der Waals surface area contributed by atoms with Crippen LogP contribution in [-0.4, -0.2) is 39.6 Å². The Hall–Kier alpha value is -2.53. The van der Waals surface area contributed by atoms with E-state index in [1.54, 1.807) is 19.9 Å². The molecule has 2 aromatic rings. The molecule has 0 atom stereocenters. The average Bonchev–Trinajstić information content (AvgIpc) is 3.08. The van der Waals surface area contributed by atoms with Crippen LogP contribution in [0.3, 0.4) is 0 Å². The Balaban J connectivity index is 2.25. The summed E-state index contributed by atoms with van der Waals surface area (Å²) in [6, 6.07) is 6.13. The molecule has 0 aliphatic heterocycles. The van der Waals surface area contributed by atoms with Crippen molar-refractivity contribution in [3.8, 4) is 5.75 Å². The summed E-state index contributed by atoms with van der Waals surface area (Å²) in [6.45, 7) is 5.03. The van der Waals surface area contributed by atoms with Crippen molar-refractivity contribution in [3.63, 3.8) is 0 Å². The van der Waals surface area contributed by atoms with Gasteiger partial charge in [0.05, 0.1) is 16.1 Å². The van der Waals surface area contributed by atoms with Gasteiger partial charge < -0.3 is 15.2 Å². The number of carbonyl (C=O) groups excluding carboxylic acids is 2. The van der Waals surface area contributed by atoms with Crippen LogP contribution in [0.2, 0.25) is 0 Å². The maximum absolute atomic E-state index is 12.9. The Labute approximate surface area is 184 Å². The number of benzene rings is 1. The van der Waals surface area contributed by atoms with Crippen molar-refractivity contribution < 1.29 is 37.4 Å². The van der Waals surface area contributed by atoms with Crippen LogP contribution in [0.15, 0.2) is 30.3 Å². The van der Waals surface area contributed by atoms with E-state index in [9.17, 15) is 27.6 Å². The normalized spacial score (nSPS) is 11.8. The minimum atomic E-state index is -4.84. The minimum absolute atomic E-state index is 0.130. The number of aryl methyl sites for hydroxylation is 1. The molecule has 11 heteroatoms. The van der Waals surface area contributed by atoms with Crippen LogP contribution >= 0.6 is 23.1 Å². The van der Waals surface area contributed by atoms with Crippen LogP contribution in [0.4, 0.5) is 18.2 Å². The van der Waals surface area contributed by atoms with Gasteiger partial charge in [-0.15, -0.1) is 36.3 Å². The summed E-state index contributed by atoms with van der Waals surface area (Å²) in [7, 11) is 0. The molecule has 0 radical (unpaired) electrons. The van der Waals surface area contributed by atoms with E-state index in [-0.39, 0.29) is 16.9 Å². The first-order chi connectivity index (χ1) is 14.3. The summed E-state index contributed by atoms with van der Waals surface area (Å²) in [5.74, 6) is -2.70. The zero-order valence-corrected chi connectivity index (χ0v) is 18.5. The molecule has 0 bridgehead atoms. The first-order valence-corrected chi connectivity index (χ1v) is 10.8. The van der Waals surface area contributed by atoms with E-state index in [0.717, 1.165) is 28.8 Å². The van der Waals surface area contributed by atoms with Crippen molar-refractivity contribution in [2.75, 3.05) is 11.1 Å². The van der Waals surface area contributed by atoms with E-state index in [1.165, 1.54) is 23.5 Å². The number of aliphatic carboxylic acids is 1. The molecule has 0 aliphatic rings. The quantitative estimate of drug-likeness (QED) is 0.497. The zero-order chi connectivity index (χ0) is 23.4. The van der Waals surface area contributed by atoms with Crippen molar-refractivity contribution in [3.05, 3.63) is 46.3 Å². The highest BCUT2D eigenvalue weighted by atomic mass is 32.2. The summed E-state index contributed by atoms with van der Waals surface area (Å²) >= 11 is 2.16. The van der Waals surface area contributed by atoms with Gasteiger partial charge in [-0.25, -0.2) is 0 Å². The van der Waals surface area contributed by atoms with Crippen molar-refractivity contribution in [1.29, 1.82) is 0 Å². The van der Waals surface area contributed by atoms with E-state index < -0.39 is 34.5 Å². The lowest BCUT2D eigenvalue weighted by molar-refractivity contribution is -0.274. The third kappa shape index (κ3) is 7.00. The summed E-state index contributed by atoms with van der Waals surface area (Å²) in [6.07, 6.45) is -4.23. The smallest absolute Gasteiger partial charge is 0.481 e. The highest BCUT2D eigenvalue weighted by Gasteiger charge is 2.32. The molecule has 0 unspecified atom stereocenters. The van der Waals surface area contributed by atoms with E-state index in [2.05, 4.69) is 10.1 Å². The standard InChI is InChI=1S/C20H20F3NO5S2/c1-4-13-9-14(16(27)11-5-7-12(8-6-11)29-20(21,22)23)17(31-13)24-18(28)19(2,3)30-10-15(25)26/h5-9H,4,10H2,1-3H3,(H,24,28)(H,25,26). The summed E-state index contributed by atoms with van der Waals surface area (Å²) in [4.78, 5) is 37.3. The Morgan fingerprint density at radius 3 is 2.29 bits per heavy atom. The van der Waals surface area contributed by atoms with E-state index in [0.29, 0.717) is 11.4 Å². The molecule has 1 aromatic heterocycles. The first kappa shape index (κ1) is 24.7. The molecule has 2 rings (SSSR count). The van der Waals surface area contributed by atoms with E-state index in [1.807, 2.05) is 6.92 Å². The van der Waals surface area contributed by atoms with Crippen molar-refractivity contribution >= 4 is 45.8 Å². The van der Waals surface area contributed by atoms with Crippen LogP contribution in [0.5, 0.6) is 5.75 Å². The van der Waals surface area contributed by atoms with Gasteiger partial charge in [-0.1, -0.05) is 6.92 Å². The second-order valence-corrected chi connectivity index (χ2v) is 9.59. The van der Waals surface area contributed by atoms with Gasteiger partial charge in [-0.2, -0.15) is 0 Å². The van der Waals surface area contributed by atoms with Gasteiger partial charge in [0.1, 0.15) is 10.8 Å². The number of carboxylic acid groups (broad SMARTS) is 1. The number of carboxylic acids is 1. The van der Waals surface area contributed by atoms with Gasteiger partial charge >= 0.3 is 12.3 Å². The second-order valence-electron chi connectivity index (χ2n) is 6.86. The number of amides is 1. The number of carbonyl (C=O) groups is 3. The largest absolute Gasteiger partial charge is 0.573 e. The summed E-state index contributed by atoms with van der Waals surface area (Å²) in [5, 5.41) is 11.8. The molecular formula is C20H20F3NO5S2. The number of hydrogen-bond acceptors (Lipinski definition) is 6. The predicted molar refractivity (Wildman–Crippen MR) is 113 cm³/mol. The van der Waals surface area contributed by atoms with E-state index >= 15 is 0 Å². The highest BCUT2D eigenvalue weighted by molar-refractivity contribution is 8.02. The number of anilines is 1. The van der Waals surface area contributed by atoms with Crippen LogP contribution in [0.25, 0.3) is 0 Å². The second kappa shape index (κ2) is 9.73. The molecule has 0 saturated heterocycles. The zero-order valence-electron chi connectivity index (χ0n) is 16.8. The minimum Gasteiger partial charge on any atom is -0.481 e. The van der Waals surface area contributed by atoms with Gasteiger partial charge in [0.25, 0.3) is 0 Å². The molecule has 0 spiro atoms. The number of thiophene rings is 1. The average molecular weight is 476 g/mol. The predicted octanol–water partition coefficient (Wildman–Crippen LogP) is 4.98. The Morgan fingerprint density at radius 2 is 1.77 bits per heavy atom. The monoisotopic (exact) mass is 475 g/mol. The lowest BCUT2D eigenvalue weighted by Gasteiger charge is -2.22. The fourth-order valence-electron chi connectivity index (χ4n) is 2.40. The lowest BCUT2D eigenvalue weighted by Crippen LogP contribution is -2.35. The first-order valence-electron chi connectivity index (χ1n) is 9.03. The van der Waals surface area contributed by atoms with Gasteiger partial charge in [0.2, 0.25) is 5.91 Å². The molecule has 1 aromatic carbocycles. The van der Waals surface area contributed by atoms with Crippen LogP contribution in [0, 0.1) is 0 Å². The Bertz CT molecular complexity index is 968. The van der Waals surface area contributed by atoms with Crippen LogP contribution in [-0.2, 0) is 16.0 Å². The number of halogens is 3. The van der Waals surface area contributed by atoms with Gasteiger partial charge in [0, 0.05) is 10.4 Å². The number of thioether (sulfide) groups is 1. The van der Waals surface area contributed by atoms with Gasteiger partial charge in [-0.05, 0) is 50.6 Å². The van der Waals surface area contributed by atoms with Crippen LogP contribution < -0.4 is 10.1 Å². The SMILES string of the molecule is CCc1cc(C(=O)c2ccc(OC(F)(F)F)cc2)c(NC(=O)C(C)(C)SCC(=O)O)s1. The van der Waals surface area contributed by atoms with Crippen LogP contribution in [0.1, 0.15) is 41.6 Å². The third-order valence-corrected chi connectivity index (χ3v) is 6.55. The van der Waals surface area contributed by atoms with Gasteiger partial charge in [0.15, 0.2) is 5.78 Å². The molecule has 168 valence electrons. The number of rotatable bonds is 9. The van der Waals surface area contributed by atoms with Crippen molar-refractivity contribution in [2.45, 2.75) is 38.3 Å². The fourth-order valence-corrected chi connectivity index (χ4v) is 4.06. The number of ketones is 1. The number of ether oxygens (including phenoxy) is 1. The number of alkyl halides is 3. The molecule has 0 saturated carbocycles. The molecule has 0 fully saturated rings. The fraction of sp³-hybridized carbons (Fsp3) is 0.350. The maximum atomic E-state index is 12.9. The summed E-state index contributed by atoms with van der Waals surface area (Å²) in [5.41, 5.74) is 0.337. The van der Waals surface area contributed by atoms with Crippen molar-refractivity contribution in [1.82, 2.24) is 0 Å².